The van der Waals surface area contributed by atoms with Crippen LogP contribution in [0.3, 0.4) is 0 Å². The van der Waals surface area contributed by atoms with Crippen LogP contribution in [0, 0.1) is 0 Å². The van der Waals surface area contributed by atoms with Crippen molar-refractivity contribution in [2.24, 2.45) is 0 Å². The summed E-state index contributed by atoms with van der Waals surface area (Å²) in [7, 11) is 0. The Hall–Kier alpha value is -2.71. The monoisotopic (exact) mass is 445 g/mol. The highest BCUT2D eigenvalue weighted by Gasteiger charge is 2.15. The summed E-state index contributed by atoms with van der Waals surface area (Å²) in [6, 6.07) is 18.5. The van der Waals surface area contributed by atoms with Crippen molar-refractivity contribution in [1.29, 1.82) is 0 Å². The Balaban J connectivity index is 1.42. The second kappa shape index (κ2) is 13.1. The summed E-state index contributed by atoms with van der Waals surface area (Å²) in [5, 5.41) is 3.64. The van der Waals surface area contributed by atoms with Crippen LogP contribution in [-0.4, -0.2) is 82.0 Å². The number of hydrogen-bond acceptors (Lipinski definition) is 7. The number of nitrogens with one attached hydrogen (secondary N) is 1. The van der Waals surface area contributed by atoms with E-state index in [9.17, 15) is 0 Å². The number of aromatic nitrogens is 3. The van der Waals surface area contributed by atoms with Gasteiger partial charge in [0.1, 0.15) is 0 Å². The van der Waals surface area contributed by atoms with Crippen LogP contribution in [0.1, 0.15) is 17.1 Å². The first kappa shape index (κ1) is 23.4. The van der Waals surface area contributed by atoms with E-state index in [0.717, 1.165) is 89.1 Å². The zero-order valence-electron chi connectivity index (χ0n) is 19.4. The summed E-state index contributed by atoms with van der Waals surface area (Å²) >= 11 is 0. The quantitative estimate of drug-likeness (QED) is 0.625. The lowest BCUT2D eigenvalue weighted by atomic mass is 10.2. The molecular formula is C26H35N7. The number of nitrogens with zero attached hydrogens (tertiary/aromatic N) is 6. The van der Waals surface area contributed by atoms with Gasteiger partial charge >= 0.3 is 0 Å². The lowest BCUT2D eigenvalue weighted by Crippen LogP contribution is -2.44. The van der Waals surface area contributed by atoms with Gasteiger partial charge in [-0.25, -0.2) is 0 Å². The lowest BCUT2D eigenvalue weighted by molar-refractivity contribution is 0.155. The van der Waals surface area contributed by atoms with Crippen molar-refractivity contribution in [2.45, 2.75) is 19.6 Å². The Morgan fingerprint density at radius 2 is 0.879 bits per heavy atom. The normalized spacial score (nSPS) is 17.8. The lowest BCUT2D eigenvalue weighted by Gasteiger charge is -2.31. The minimum Gasteiger partial charge on any atom is -0.314 e. The highest BCUT2D eigenvalue weighted by molar-refractivity contribution is 5.05. The number of hydrogen-bond donors (Lipinski definition) is 1. The van der Waals surface area contributed by atoms with Gasteiger partial charge in [-0.15, -0.1) is 0 Å². The van der Waals surface area contributed by atoms with Crippen LogP contribution >= 0.6 is 0 Å². The fraction of sp³-hybridized carbons (Fsp3) is 0.423. The van der Waals surface area contributed by atoms with Crippen LogP contribution in [0.5, 0.6) is 0 Å². The molecule has 0 aromatic carbocycles. The van der Waals surface area contributed by atoms with Crippen molar-refractivity contribution in [3.63, 3.8) is 0 Å². The van der Waals surface area contributed by atoms with Gasteiger partial charge in [0.15, 0.2) is 0 Å². The average Bonchev–Trinajstić information content (AvgIpc) is 2.86. The summed E-state index contributed by atoms with van der Waals surface area (Å²) < 4.78 is 0. The number of pyridine rings is 3. The van der Waals surface area contributed by atoms with Crippen LogP contribution in [0.25, 0.3) is 0 Å². The van der Waals surface area contributed by atoms with Gasteiger partial charge in [0.2, 0.25) is 0 Å². The molecule has 1 fully saturated rings. The zero-order valence-corrected chi connectivity index (χ0v) is 19.4. The van der Waals surface area contributed by atoms with Crippen molar-refractivity contribution >= 4 is 0 Å². The van der Waals surface area contributed by atoms with Crippen LogP contribution < -0.4 is 5.32 Å². The Kier molecular flexibility index (Phi) is 9.31. The van der Waals surface area contributed by atoms with Gasteiger partial charge in [-0.05, 0) is 36.4 Å². The van der Waals surface area contributed by atoms with Gasteiger partial charge in [-0.1, -0.05) is 18.2 Å². The molecule has 174 valence electrons. The maximum Gasteiger partial charge on any atom is 0.0543 e. The highest BCUT2D eigenvalue weighted by Crippen LogP contribution is 2.07. The van der Waals surface area contributed by atoms with Gasteiger partial charge in [0.05, 0.1) is 17.1 Å². The highest BCUT2D eigenvalue weighted by atomic mass is 15.2. The zero-order chi connectivity index (χ0) is 22.6. The Labute approximate surface area is 197 Å². The second-order valence-corrected chi connectivity index (χ2v) is 8.54. The van der Waals surface area contributed by atoms with Gasteiger partial charge < -0.3 is 5.32 Å². The van der Waals surface area contributed by atoms with Crippen LogP contribution in [-0.2, 0) is 19.6 Å². The van der Waals surface area contributed by atoms with E-state index in [1.54, 1.807) is 0 Å². The molecule has 7 nitrogen and oxygen atoms in total. The van der Waals surface area contributed by atoms with Crippen molar-refractivity contribution in [2.75, 3.05) is 52.4 Å². The van der Waals surface area contributed by atoms with Crippen molar-refractivity contribution in [1.82, 2.24) is 35.0 Å². The van der Waals surface area contributed by atoms with Gasteiger partial charge in [0, 0.05) is 90.6 Å². The van der Waals surface area contributed by atoms with Crippen LogP contribution in [0.15, 0.2) is 73.2 Å². The molecule has 0 bridgehead atoms. The van der Waals surface area contributed by atoms with Crippen molar-refractivity contribution in [3.05, 3.63) is 90.3 Å². The van der Waals surface area contributed by atoms with Gasteiger partial charge in [0.25, 0.3) is 0 Å². The minimum absolute atomic E-state index is 0.869. The first-order valence-electron chi connectivity index (χ1n) is 11.9. The van der Waals surface area contributed by atoms with E-state index in [1.165, 1.54) is 0 Å². The van der Waals surface area contributed by atoms with E-state index in [-0.39, 0.29) is 0 Å². The number of rotatable bonds is 6. The molecule has 1 saturated heterocycles. The first-order chi connectivity index (χ1) is 16.3. The maximum atomic E-state index is 4.58. The second-order valence-electron chi connectivity index (χ2n) is 8.54. The van der Waals surface area contributed by atoms with Crippen molar-refractivity contribution < 1.29 is 0 Å². The minimum atomic E-state index is 0.869. The molecule has 0 aliphatic carbocycles. The van der Waals surface area contributed by atoms with Crippen LogP contribution in [0.4, 0.5) is 0 Å². The molecule has 3 aromatic rings. The molecule has 4 heterocycles. The van der Waals surface area contributed by atoms with E-state index >= 15 is 0 Å². The molecule has 7 heteroatoms. The molecule has 1 aliphatic heterocycles. The summed E-state index contributed by atoms with van der Waals surface area (Å²) in [5.74, 6) is 0. The topological polar surface area (TPSA) is 60.4 Å². The molecule has 0 radical (unpaired) electrons. The molecule has 1 aliphatic rings. The summed E-state index contributed by atoms with van der Waals surface area (Å²) in [6.45, 7) is 10.6. The fourth-order valence-corrected chi connectivity index (χ4v) is 4.14. The third-order valence-corrected chi connectivity index (χ3v) is 6.01. The average molecular weight is 446 g/mol. The predicted molar refractivity (Wildman–Crippen MR) is 131 cm³/mol. The summed E-state index contributed by atoms with van der Waals surface area (Å²) in [4.78, 5) is 21.2. The molecule has 0 amide bonds. The largest absolute Gasteiger partial charge is 0.314 e. The third-order valence-electron chi connectivity index (χ3n) is 6.01. The molecule has 1 N–H and O–H groups in total. The molecule has 0 atom stereocenters. The molecule has 4 rings (SSSR count). The first-order valence-corrected chi connectivity index (χ1v) is 11.9. The smallest absolute Gasteiger partial charge is 0.0543 e. The maximum absolute atomic E-state index is 4.58. The Bertz CT molecular complexity index is 852. The standard InChI is InChI=1S/C26H35N7/c1-4-10-28-24(7-1)21-31-15-13-27-14-16-32(22-25-8-2-5-11-29-25)18-20-33(19-17-31)23-26-9-3-6-12-30-26/h1-12,27H,13-23H2. The molecule has 0 spiro atoms. The third kappa shape index (κ3) is 8.29. The van der Waals surface area contributed by atoms with E-state index < -0.39 is 0 Å². The summed E-state index contributed by atoms with van der Waals surface area (Å²) in [5.41, 5.74) is 3.38. The molecule has 0 unspecified atom stereocenters. The van der Waals surface area contributed by atoms with E-state index in [1.807, 2.05) is 36.8 Å². The van der Waals surface area contributed by atoms with E-state index in [4.69, 9.17) is 0 Å². The Morgan fingerprint density at radius 3 is 1.21 bits per heavy atom. The molecule has 3 aromatic heterocycles. The Morgan fingerprint density at radius 1 is 0.515 bits per heavy atom. The molecule has 33 heavy (non-hydrogen) atoms. The van der Waals surface area contributed by atoms with Gasteiger partial charge in [-0.2, -0.15) is 0 Å². The molecular weight excluding hydrogens is 410 g/mol. The van der Waals surface area contributed by atoms with Crippen molar-refractivity contribution in [3.8, 4) is 0 Å². The van der Waals surface area contributed by atoms with Crippen LogP contribution in [0.2, 0.25) is 0 Å². The summed E-state index contributed by atoms with van der Waals surface area (Å²) in [6.07, 6.45) is 5.65. The van der Waals surface area contributed by atoms with E-state index in [2.05, 4.69) is 71.4 Å². The fourth-order valence-electron chi connectivity index (χ4n) is 4.14. The predicted octanol–water partition coefficient (Wildman–Crippen LogP) is 2.28. The van der Waals surface area contributed by atoms with E-state index in [0.29, 0.717) is 0 Å². The van der Waals surface area contributed by atoms with Gasteiger partial charge in [-0.3, -0.25) is 29.7 Å². The molecule has 0 saturated carbocycles. The SMILES string of the molecule is c1ccc(CN2CCNCCN(Cc3ccccn3)CCN(Cc3ccccn3)CC2)nc1.